The maximum atomic E-state index is 11.5. The van der Waals surface area contributed by atoms with Gasteiger partial charge in [0.2, 0.25) is 0 Å². The highest BCUT2D eigenvalue weighted by Gasteiger charge is 2.18. The molecule has 2 aromatic rings. The Morgan fingerprint density at radius 3 is 2.44 bits per heavy atom. The van der Waals surface area contributed by atoms with Gasteiger partial charge in [-0.25, -0.2) is 0 Å². The van der Waals surface area contributed by atoms with E-state index >= 15 is 0 Å². The molecule has 134 valence electrons. The minimum absolute atomic E-state index is 0.194. The van der Waals surface area contributed by atoms with E-state index in [1.54, 1.807) is 6.92 Å². The summed E-state index contributed by atoms with van der Waals surface area (Å²) in [6, 6.07) is 18.0. The first-order chi connectivity index (χ1) is 12.2. The van der Waals surface area contributed by atoms with Crippen molar-refractivity contribution in [3.05, 3.63) is 65.7 Å². The van der Waals surface area contributed by atoms with Gasteiger partial charge < -0.3 is 14.2 Å². The zero-order chi connectivity index (χ0) is 17.9. The average molecular weight is 342 g/mol. The van der Waals surface area contributed by atoms with Gasteiger partial charge in [0.05, 0.1) is 6.61 Å². The fourth-order valence-corrected chi connectivity index (χ4v) is 2.50. The monoisotopic (exact) mass is 342 g/mol. The zero-order valence-electron chi connectivity index (χ0n) is 14.9. The first-order valence-corrected chi connectivity index (χ1v) is 8.77. The van der Waals surface area contributed by atoms with Crippen molar-refractivity contribution in [1.29, 1.82) is 0 Å². The Morgan fingerprint density at radius 1 is 1.00 bits per heavy atom. The highest BCUT2D eigenvalue weighted by Crippen LogP contribution is 2.28. The van der Waals surface area contributed by atoms with Crippen LogP contribution >= 0.6 is 0 Å². The molecule has 0 radical (unpaired) electrons. The lowest BCUT2D eigenvalue weighted by Gasteiger charge is -2.20. The summed E-state index contributed by atoms with van der Waals surface area (Å²) in [7, 11) is 0. The Kier molecular flexibility index (Phi) is 7.99. The van der Waals surface area contributed by atoms with E-state index in [0.717, 1.165) is 17.7 Å². The van der Waals surface area contributed by atoms with E-state index in [-0.39, 0.29) is 18.7 Å². The summed E-state index contributed by atoms with van der Waals surface area (Å²) in [4.78, 5) is 11.5. The van der Waals surface area contributed by atoms with Gasteiger partial charge in [0.15, 0.2) is 0 Å². The number of ether oxygens (including phenoxy) is 3. The third kappa shape index (κ3) is 6.24. The molecule has 0 saturated heterocycles. The number of benzene rings is 2. The molecule has 4 nitrogen and oxygen atoms in total. The van der Waals surface area contributed by atoms with Crippen LogP contribution in [-0.2, 0) is 20.7 Å². The summed E-state index contributed by atoms with van der Waals surface area (Å²) in [6.07, 6.45) is 0.862. The molecule has 0 saturated carbocycles. The predicted octanol–water partition coefficient (Wildman–Crippen LogP) is 4.34. The minimum Gasteiger partial charge on any atom is -0.493 e. The molecule has 0 unspecified atom stereocenters. The molecule has 0 aliphatic rings. The Labute approximate surface area is 149 Å². The van der Waals surface area contributed by atoms with Gasteiger partial charge in [-0.15, -0.1) is 0 Å². The van der Waals surface area contributed by atoms with Crippen molar-refractivity contribution < 1.29 is 19.0 Å². The Balaban J connectivity index is 2.02. The summed E-state index contributed by atoms with van der Waals surface area (Å²) in [5.74, 6) is 0.539. The molecule has 0 N–H and O–H groups in total. The number of esters is 1. The van der Waals surface area contributed by atoms with Crippen LogP contribution in [0.5, 0.6) is 5.75 Å². The van der Waals surface area contributed by atoms with Crippen LogP contribution in [-0.4, -0.2) is 25.8 Å². The van der Waals surface area contributed by atoms with Crippen LogP contribution in [0.3, 0.4) is 0 Å². The summed E-state index contributed by atoms with van der Waals surface area (Å²) >= 11 is 0. The molecule has 0 spiro atoms. The lowest BCUT2D eigenvalue weighted by molar-refractivity contribution is -0.147. The van der Waals surface area contributed by atoms with Gasteiger partial charge in [-0.3, -0.25) is 4.79 Å². The van der Waals surface area contributed by atoms with Crippen LogP contribution in [0.15, 0.2) is 54.6 Å². The van der Waals surface area contributed by atoms with Gasteiger partial charge >= 0.3 is 5.97 Å². The standard InChI is InChI=1S/C21H26O4/c1-3-21(22)25-16-20(23-4-2)18-12-8-9-13-19(18)24-15-14-17-10-6-5-7-11-17/h5-13,20H,3-4,14-16H2,1-2H3/t20-/m1/s1. The van der Waals surface area contributed by atoms with Crippen LogP contribution < -0.4 is 4.74 Å². The maximum absolute atomic E-state index is 11.5. The maximum Gasteiger partial charge on any atom is 0.305 e. The van der Waals surface area contributed by atoms with Crippen molar-refractivity contribution in [3.63, 3.8) is 0 Å². The SMILES string of the molecule is CCO[C@H](COC(=O)CC)c1ccccc1OCCc1ccccc1. The topological polar surface area (TPSA) is 44.8 Å². The van der Waals surface area contributed by atoms with Gasteiger partial charge in [-0.2, -0.15) is 0 Å². The molecule has 0 heterocycles. The minimum atomic E-state index is -0.326. The third-order valence-corrected chi connectivity index (χ3v) is 3.81. The van der Waals surface area contributed by atoms with Crippen LogP contribution in [0.2, 0.25) is 0 Å². The summed E-state index contributed by atoms with van der Waals surface area (Å²) < 4.78 is 17.0. The molecule has 2 rings (SSSR count). The molecule has 0 fully saturated rings. The van der Waals surface area contributed by atoms with Crippen LogP contribution in [0, 0.1) is 0 Å². The second-order valence-corrected chi connectivity index (χ2v) is 5.60. The molecule has 0 aliphatic carbocycles. The van der Waals surface area contributed by atoms with E-state index < -0.39 is 0 Å². The van der Waals surface area contributed by atoms with E-state index in [1.165, 1.54) is 5.56 Å². The number of hydrogen-bond acceptors (Lipinski definition) is 4. The van der Waals surface area contributed by atoms with Crippen molar-refractivity contribution in [2.24, 2.45) is 0 Å². The molecular formula is C21H26O4. The molecule has 0 aromatic heterocycles. The number of rotatable bonds is 10. The fourth-order valence-electron chi connectivity index (χ4n) is 2.50. The first-order valence-electron chi connectivity index (χ1n) is 8.77. The Bertz CT molecular complexity index is 639. The van der Waals surface area contributed by atoms with Crippen molar-refractivity contribution in [1.82, 2.24) is 0 Å². The van der Waals surface area contributed by atoms with E-state index in [9.17, 15) is 4.79 Å². The molecule has 2 aromatic carbocycles. The number of carbonyl (C=O) groups is 1. The van der Waals surface area contributed by atoms with Gasteiger partial charge in [0.1, 0.15) is 18.5 Å². The molecular weight excluding hydrogens is 316 g/mol. The summed E-state index contributed by atoms with van der Waals surface area (Å²) in [5.41, 5.74) is 2.14. The lowest BCUT2D eigenvalue weighted by atomic mass is 10.1. The smallest absolute Gasteiger partial charge is 0.305 e. The van der Waals surface area contributed by atoms with Crippen molar-refractivity contribution >= 4 is 5.97 Å². The Hall–Kier alpha value is -2.33. The summed E-state index contributed by atoms with van der Waals surface area (Å²) in [5, 5.41) is 0. The molecule has 0 amide bonds. The molecule has 4 heteroatoms. The molecule has 0 bridgehead atoms. The fraction of sp³-hybridized carbons (Fsp3) is 0.381. The number of hydrogen-bond donors (Lipinski definition) is 0. The number of para-hydroxylation sites is 1. The van der Waals surface area contributed by atoms with Gasteiger partial charge in [0.25, 0.3) is 0 Å². The quantitative estimate of drug-likeness (QED) is 0.603. The number of carbonyl (C=O) groups excluding carboxylic acids is 1. The summed E-state index contributed by atoms with van der Waals surface area (Å²) in [6.45, 7) is 5.01. The van der Waals surface area contributed by atoms with Crippen molar-refractivity contribution in [2.75, 3.05) is 19.8 Å². The van der Waals surface area contributed by atoms with E-state index in [4.69, 9.17) is 14.2 Å². The van der Waals surface area contributed by atoms with Crippen molar-refractivity contribution in [2.45, 2.75) is 32.8 Å². The van der Waals surface area contributed by atoms with Crippen LogP contribution in [0.25, 0.3) is 0 Å². The normalized spacial score (nSPS) is 11.8. The molecule has 25 heavy (non-hydrogen) atoms. The predicted molar refractivity (Wildman–Crippen MR) is 97.7 cm³/mol. The van der Waals surface area contributed by atoms with Crippen LogP contribution in [0.4, 0.5) is 0 Å². The van der Waals surface area contributed by atoms with Crippen molar-refractivity contribution in [3.8, 4) is 5.75 Å². The van der Waals surface area contributed by atoms with Gasteiger partial charge in [-0.05, 0) is 18.6 Å². The Morgan fingerprint density at radius 2 is 1.72 bits per heavy atom. The second kappa shape index (κ2) is 10.5. The lowest BCUT2D eigenvalue weighted by Crippen LogP contribution is -2.16. The largest absolute Gasteiger partial charge is 0.493 e. The first kappa shape index (κ1) is 19.0. The highest BCUT2D eigenvalue weighted by atomic mass is 16.6. The van der Waals surface area contributed by atoms with Gasteiger partial charge in [0, 0.05) is 25.0 Å². The van der Waals surface area contributed by atoms with E-state index in [1.807, 2.05) is 49.4 Å². The second-order valence-electron chi connectivity index (χ2n) is 5.60. The highest BCUT2D eigenvalue weighted by molar-refractivity contribution is 5.68. The average Bonchev–Trinajstić information content (AvgIpc) is 2.66. The molecule has 0 aliphatic heterocycles. The molecule has 1 atom stereocenters. The van der Waals surface area contributed by atoms with E-state index in [0.29, 0.717) is 19.6 Å². The zero-order valence-corrected chi connectivity index (χ0v) is 14.9. The van der Waals surface area contributed by atoms with Gasteiger partial charge in [-0.1, -0.05) is 55.5 Å². The van der Waals surface area contributed by atoms with Crippen LogP contribution in [0.1, 0.15) is 37.5 Å². The third-order valence-electron chi connectivity index (χ3n) is 3.81. The van der Waals surface area contributed by atoms with E-state index in [2.05, 4.69) is 12.1 Å².